The lowest BCUT2D eigenvalue weighted by Gasteiger charge is -2.42. The molecule has 0 saturated carbocycles. The zero-order valence-corrected chi connectivity index (χ0v) is 17.9. The first-order chi connectivity index (χ1) is 11.4. The Morgan fingerprint density at radius 3 is 1.08 bits per heavy atom. The summed E-state index contributed by atoms with van der Waals surface area (Å²) in [5.74, 6) is 0. The lowest BCUT2D eigenvalue weighted by Crippen LogP contribution is -2.51. The molecule has 0 fully saturated rings. The molecule has 24 heavy (non-hydrogen) atoms. The first-order valence-corrected chi connectivity index (χ1v) is 11.2. The van der Waals surface area contributed by atoms with Crippen LogP contribution in [0.3, 0.4) is 0 Å². The van der Waals surface area contributed by atoms with Crippen LogP contribution >= 0.6 is 0 Å². The highest BCUT2D eigenvalue weighted by molar-refractivity contribution is 4.94. The van der Waals surface area contributed by atoms with Gasteiger partial charge in [0.2, 0.25) is 0 Å². The van der Waals surface area contributed by atoms with Crippen molar-refractivity contribution in [3.63, 3.8) is 0 Å². The predicted molar refractivity (Wildman–Crippen MR) is 112 cm³/mol. The van der Waals surface area contributed by atoms with Gasteiger partial charge in [-0.25, -0.2) is 0 Å². The molecule has 0 aromatic heterocycles. The Labute approximate surface area is 154 Å². The van der Waals surface area contributed by atoms with Gasteiger partial charge in [0.05, 0.1) is 0 Å². The Hall–Kier alpha value is -0.0400. The van der Waals surface area contributed by atoms with Crippen molar-refractivity contribution in [1.82, 2.24) is 0 Å². The van der Waals surface area contributed by atoms with E-state index in [0.29, 0.717) is 0 Å². The van der Waals surface area contributed by atoms with Gasteiger partial charge in [-0.05, 0) is 18.3 Å². The van der Waals surface area contributed by atoms with E-state index in [1.165, 1.54) is 103 Å². The van der Waals surface area contributed by atoms with Crippen molar-refractivity contribution in [2.75, 3.05) is 0 Å². The third-order valence-electron chi connectivity index (χ3n) is 5.95. The number of hydrogen-bond acceptors (Lipinski definition) is 1. The third-order valence-corrected chi connectivity index (χ3v) is 5.95. The van der Waals surface area contributed by atoms with Gasteiger partial charge in [0.1, 0.15) is 0 Å². The second kappa shape index (κ2) is 14.2. The topological polar surface area (TPSA) is 26.0 Å². The van der Waals surface area contributed by atoms with Gasteiger partial charge >= 0.3 is 0 Å². The summed E-state index contributed by atoms with van der Waals surface area (Å²) in [6.07, 6.45) is 21.7. The van der Waals surface area contributed by atoms with Gasteiger partial charge in [-0.1, -0.05) is 125 Å². The van der Waals surface area contributed by atoms with Crippen molar-refractivity contribution in [3.05, 3.63) is 0 Å². The van der Waals surface area contributed by atoms with Crippen LogP contribution in [0.4, 0.5) is 0 Å². The fourth-order valence-corrected chi connectivity index (χ4v) is 3.67. The highest BCUT2D eigenvalue weighted by Crippen LogP contribution is 2.37. The van der Waals surface area contributed by atoms with Crippen LogP contribution in [0.15, 0.2) is 0 Å². The Balaban J connectivity index is 3.96. The van der Waals surface area contributed by atoms with Crippen molar-refractivity contribution in [2.45, 2.75) is 143 Å². The standard InChI is InChI=1S/C23H49N/c1-6-8-10-12-14-16-18-20-23(24,22(3,4)5)21-19-17-15-13-11-9-7-2/h6-21,24H2,1-5H3. The molecule has 0 aromatic rings. The first kappa shape index (κ1) is 24.0. The molecule has 0 saturated heterocycles. The van der Waals surface area contributed by atoms with E-state index in [2.05, 4.69) is 34.6 Å². The molecule has 0 aromatic carbocycles. The summed E-state index contributed by atoms with van der Waals surface area (Å²) in [6, 6.07) is 0. The third kappa shape index (κ3) is 11.5. The molecular formula is C23H49N. The zero-order valence-electron chi connectivity index (χ0n) is 17.9. The molecule has 0 spiro atoms. The second-order valence-corrected chi connectivity index (χ2v) is 9.15. The van der Waals surface area contributed by atoms with Crippen LogP contribution in [-0.2, 0) is 0 Å². The van der Waals surface area contributed by atoms with Crippen molar-refractivity contribution in [2.24, 2.45) is 11.1 Å². The van der Waals surface area contributed by atoms with Gasteiger partial charge in [-0.15, -0.1) is 0 Å². The Bertz CT molecular complexity index is 246. The Morgan fingerprint density at radius 1 is 0.500 bits per heavy atom. The van der Waals surface area contributed by atoms with E-state index in [4.69, 9.17) is 5.73 Å². The van der Waals surface area contributed by atoms with E-state index in [9.17, 15) is 0 Å². The van der Waals surface area contributed by atoms with E-state index in [1.54, 1.807) is 0 Å². The minimum atomic E-state index is 0.0276. The molecule has 0 aliphatic carbocycles. The van der Waals surface area contributed by atoms with Gasteiger partial charge in [0.15, 0.2) is 0 Å². The normalized spacial score (nSPS) is 12.8. The summed E-state index contributed by atoms with van der Waals surface area (Å²) in [6.45, 7) is 11.6. The summed E-state index contributed by atoms with van der Waals surface area (Å²) in [5, 5.41) is 0. The Morgan fingerprint density at radius 2 is 0.792 bits per heavy atom. The number of rotatable bonds is 16. The molecule has 2 N–H and O–H groups in total. The lowest BCUT2D eigenvalue weighted by molar-refractivity contribution is 0.152. The fraction of sp³-hybridized carbons (Fsp3) is 1.00. The van der Waals surface area contributed by atoms with Gasteiger partial charge in [0.25, 0.3) is 0 Å². The van der Waals surface area contributed by atoms with E-state index in [0.717, 1.165) is 0 Å². The number of unbranched alkanes of at least 4 members (excludes halogenated alkanes) is 12. The smallest absolute Gasteiger partial charge is 0.0203 e. The summed E-state index contributed by atoms with van der Waals surface area (Å²) < 4.78 is 0. The van der Waals surface area contributed by atoms with E-state index >= 15 is 0 Å². The highest BCUT2D eigenvalue weighted by Gasteiger charge is 2.36. The minimum Gasteiger partial charge on any atom is -0.325 e. The summed E-state index contributed by atoms with van der Waals surface area (Å²) >= 11 is 0. The maximum Gasteiger partial charge on any atom is 0.0203 e. The molecule has 0 rings (SSSR count). The van der Waals surface area contributed by atoms with Crippen LogP contribution in [0.2, 0.25) is 0 Å². The molecule has 146 valence electrons. The molecule has 0 atom stereocenters. The van der Waals surface area contributed by atoms with Crippen molar-refractivity contribution < 1.29 is 0 Å². The molecule has 0 aliphatic heterocycles. The van der Waals surface area contributed by atoms with Crippen LogP contribution in [0.25, 0.3) is 0 Å². The summed E-state index contributed by atoms with van der Waals surface area (Å²) in [7, 11) is 0. The first-order valence-electron chi connectivity index (χ1n) is 11.2. The largest absolute Gasteiger partial charge is 0.325 e. The number of nitrogens with two attached hydrogens (primary N) is 1. The lowest BCUT2D eigenvalue weighted by atomic mass is 9.68. The van der Waals surface area contributed by atoms with E-state index in [1.807, 2.05) is 0 Å². The van der Waals surface area contributed by atoms with E-state index in [-0.39, 0.29) is 11.0 Å². The van der Waals surface area contributed by atoms with Crippen molar-refractivity contribution in [1.29, 1.82) is 0 Å². The molecule has 0 radical (unpaired) electrons. The van der Waals surface area contributed by atoms with Gasteiger partial charge in [-0.3, -0.25) is 0 Å². The number of hydrogen-bond donors (Lipinski definition) is 1. The van der Waals surface area contributed by atoms with Crippen LogP contribution < -0.4 is 5.73 Å². The summed E-state index contributed by atoms with van der Waals surface area (Å²) in [4.78, 5) is 0. The maximum absolute atomic E-state index is 6.90. The van der Waals surface area contributed by atoms with Crippen LogP contribution in [0.1, 0.15) is 137 Å². The molecule has 1 heteroatoms. The summed E-state index contributed by atoms with van der Waals surface area (Å²) in [5.41, 5.74) is 7.15. The minimum absolute atomic E-state index is 0.0276. The highest BCUT2D eigenvalue weighted by atomic mass is 14.8. The molecule has 0 bridgehead atoms. The molecule has 0 unspecified atom stereocenters. The predicted octanol–water partition coefficient (Wildman–Crippen LogP) is 8.01. The van der Waals surface area contributed by atoms with Crippen LogP contribution in [0, 0.1) is 5.41 Å². The van der Waals surface area contributed by atoms with E-state index < -0.39 is 0 Å². The van der Waals surface area contributed by atoms with Crippen molar-refractivity contribution >= 4 is 0 Å². The maximum atomic E-state index is 6.90. The van der Waals surface area contributed by atoms with Crippen LogP contribution in [-0.4, -0.2) is 5.54 Å². The SMILES string of the molecule is CCCCCCCCCC(N)(CCCCCCCCC)C(C)(C)C. The fourth-order valence-electron chi connectivity index (χ4n) is 3.67. The second-order valence-electron chi connectivity index (χ2n) is 9.15. The molecular weight excluding hydrogens is 290 g/mol. The van der Waals surface area contributed by atoms with Crippen molar-refractivity contribution in [3.8, 4) is 0 Å². The van der Waals surface area contributed by atoms with Gasteiger partial charge < -0.3 is 5.73 Å². The Kier molecular flexibility index (Phi) is 14.1. The van der Waals surface area contributed by atoms with Gasteiger partial charge in [-0.2, -0.15) is 0 Å². The zero-order chi connectivity index (χ0) is 18.3. The molecule has 0 heterocycles. The molecule has 0 amide bonds. The molecule has 0 aliphatic rings. The van der Waals surface area contributed by atoms with Gasteiger partial charge in [0, 0.05) is 5.54 Å². The average Bonchev–Trinajstić information content (AvgIpc) is 2.52. The quantitative estimate of drug-likeness (QED) is 0.283. The average molecular weight is 340 g/mol. The monoisotopic (exact) mass is 339 g/mol. The van der Waals surface area contributed by atoms with Crippen LogP contribution in [0.5, 0.6) is 0 Å². The molecule has 1 nitrogen and oxygen atoms in total.